The highest BCUT2D eigenvalue weighted by molar-refractivity contribution is 5.93. The Morgan fingerprint density at radius 3 is 2.38 bits per heavy atom. The third kappa shape index (κ3) is 3.63. The summed E-state index contributed by atoms with van der Waals surface area (Å²) in [6.07, 6.45) is 4.41. The first-order valence-electron chi connectivity index (χ1n) is 9.08. The van der Waals surface area contributed by atoms with Crippen molar-refractivity contribution in [1.29, 1.82) is 0 Å². The van der Waals surface area contributed by atoms with Crippen LogP contribution in [0.5, 0.6) is 0 Å². The van der Waals surface area contributed by atoms with Gasteiger partial charge in [-0.05, 0) is 61.6 Å². The molecule has 0 saturated carbocycles. The lowest BCUT2D eigenvalue weighted by molar-refractivity contribution is 0.810. The van der Waals surface area contributed by atoms with E-state index < -0.39 is 0 Å². The van der Waals surface area contributed by atoms with Crippen molar-refractivity contribution in [3.05, 3.63) is 46.0 Å². The molecule has 0 N–H and O–H groups in total. The molecule has 0 aromatic heterocycles. The summed E-state index contributed by atoms with van der Waals surface area (Å²) in [6.45, 7) is 12.2. The Bertz CT molecular complexity index is 690. The van der Waals surface area contributed by atoms with E-state index in [-0.39, 0.29) is 0 Å². The van der Waals surface area contributed by atoms with Gasteiger partial charge in [-0.15, -0.1) is 0 Å². The van der Waals surface area contributed by atoms with Crippen molar-refractivity contribution in [2.45, 2.75) is 47.5 Å². The molecule has 2 nitrogen and oxygen atoms in total. The molecule has 0 fully saturated rings. The summed E-state index contributed by atoms with van der Waals surface area (Å²) in [4.78, 5) is 6.83. The zero-order valence-electron chi connectivity index (χ0n) is 16.4. The van der Waals surface area contributed by atoms with Crippen LogP contribution in [0.1, 0.15) is 58.6 Å². The van der Waals surface area contributed by atoms with Gasteiger partial charge >= 0.3 is 0 Å². The van der Waals surface area contributed by atoms with Gasteiger partial charge in [0.2, 0.25) is 0 Å². The molecule has 1 aromatic carbocycles. The van der Waals surface area contributed by atoms with E-state index in [0.29, 0.717) is 5.92 Å². The first-order chi connectivity index (χ1) is 11.4. The van der Waals surface area contributed by atoms with Gasteiger partial charge in [0.1, 0.15) is 0 Å². The molecular weight excluding hydrogens is 292 g/mol. The average Bonchev–Trinajstić information content (AvgIpc) is 2.75. The molecule has 1 aromatic rings. The Kier molecular flexibility index (Phi) is 6.04. The van der Waals surface area contributed by atoms with Gasteiger partial charge in [0.05, 0.1) is 0 Å². The molecule has 1 atom stereocenters. The number of hydrogen-bond acceptors (Lipinski definition) is 2. The van der Waals surface area contributed by atoms with Gasteiger partial charge in [-0.2, -0.15) is 0 Å². The van der Waals surface area contributed by atoms with Crippen molar-refractivity contribution in [2.24, 2.45) is 10.9 Å². The van der Waals surface area contributed by atoms with Crippen LogP contribution in [0, 0.1) is 5.92 Å². The lowest BCUT2D eigenvalue weighted by atomic mass is 9.89. The first kappa shape index (κ1) is 18.5. The number of unbranched alkanes of at least 4 members (excludes halogenated alkanes) is 1. The standard InChI is InChI=1S/C22H32N2/c1-8-9-12-23-14-19-13-20(24(6)7)10-11-21(19)22-17(4)15(2)16(3)18(22)5/h10-11,13-14,17H,8-9,12H2,1-7H3. The van der Waals surface area contributed by atoms with Crippen LogP contribution in [-0.2, 0) is 0 Å². The Hall–Kier alpha value is -1.83. The van der Waals surface area contributed by atoms with Gasteiger partial charge < -0.3 is 4.90 Å². The van der Waals surface area contributed by atoms with Gasteiger partial charge in [0.25, 0.3) is 0 Å². The Morgan fingerprint density at radius 2 is 1.83 bits per heavy atom. The molecule has 1 unspecified atom stereocenters. The largest absolute Gasteiger partial charge is 0.378 e. The van der Waals surface area contributed by atoms with Crippen molar-refractivity contribution in [2.75, 3.05) is 25.5 Å². The topological polar surface area (TPSA) is 15.6 Å². The fourth-order valence-corrected chi connectivity index (χ4v) is 3.39. The number of rotatable bonds is 6. The molecule has 24 heavy (non-hydrogen) atoms. The summed E-state index contributed by atoms with van der Waals surface area (Å²) in [5.74, 6) is 0.484. The van der Waals surface area contributed by atoms with Crippen molar-refractivity contribution in [1.82, 2.24) is 0 Å². The summed E-state index contributed by atoms with van der Waals surface area (Å²) in [5.41, 5.74) is 9.63. The molecule has 1 aliphatic rings. The van der Waals surface area contributed by atoms with E-state index in [9.17, 15) is 0 Å². The second-order valence-electron chi connectivity index (χ2n) is 7.12. The maximum absolute atomic E-state index is 4.67. The van der Waals surface area contributed by atoms with E-state index in [2.05, 4.69) is 83.0 Å². The summed E-state index contributed by atoms with van der Waals surface area (Å²) >= 11 is 0. The van der Waals surface area contributed by atoms with E-state index in [4.69, 9.17) is 0 Å². The highest BCUT2D eigenvalue weighted by Crippen LogP contribution is 2.43. The lowest BCUT2D eigenvalue weighted by Crippen LogP contribution is -2.10. The predicted molar refractivity (Wildman–Crippen MR) is 108 cm³/mol. The SMILES string of the molecule is CCCCN=Cc1cc(N(C)C)ccc1C1=C(C)C(C)=C(C)C1C. The van der Waals surface area contributed by atoms with Crippen molar-refractivity contribution >= 4 is 17.5 Å². The Balaban J connectivity index is 2.48. The molecule has 0 aliphatic heterocycles. The van der Waals surface area contributed by atoms with Crippen LogP contribution in [0.15, 0.2) is 39.9 Å². The van der Waals surface area contributed by atoms with Gasteiger partial charge in [-0.3, -0.25) is 4.99 Å². The van der Waals surface area contributed by atoms with Crippen molar-refractivity contribution in [3.8, 4) is 0 Å². The molecular formula is C22H32N2. The minimum atomic E-state index is 0.484. The van der Waals surface area contributed by atoms with Crippen LogP contribution in [0.4, 0.5) is 5.69 Å². The monoisotopic (exact) mass is 324 g/mol. The smallest absolute Gasteiger partial charge is 0.0389 e. The maximum atomic E-state index is 4.67. The lowest BCUT2D eigenvalue weighted by Gasteiger charge is -2.19. The third-order valence-corrected chi connectivity index (χ3v) is 5.35. The molecule has 1 aliphatic carbocycles. The van der Waals surface area contributed by atoms with Crippen molar-refractivity contribution in [3.63, 3.8) is 0 Å². The van der Waals surface area contributed by atoms with Crippen LogP contribution in [0.25, 0.3) is 5.57 Å². The van der Waals surface area contributed by atoms with Gasteiger partial charge in [0.15, 0.2) is 0 Å². The number of hydrogen-bond donors (Lipinski definition) is 0. The molecule has 2 heteroatoms. The molecule has 0 amide bonds. The number of nitrogens with zero attached hydrogens (tertiary/aromatic N) is 2. The molecule has 0 bridgehead atoms. The Labute approximate surface area is 148 Å². The van der Waals surface area contributed by atoms with Gasteiger partial charge in [0, 0.05) is 44.0 Å². The van der Waals surface area contributed by atoms with E-state index in [0.717, 1.165) is 13.0 Å². The zero-order valence-corrected chi connectivity index (χ0v) is 16.4. The quantitative estimate of drug-likeness (QED) is 0.482. The number of anilines is 1. The van der Waals surface area contributed by atoms with E-state index in [1.165, 1.54) is 45.5 Å². The zero-order chi connectivity index (χ0) is 17.9. The summed E-state index contributed by atoms with van der Waals surface area (Å²) in [6, 6.07) is 6.76. The molecule has 0 heterocycles. The predicted octanol–water partition coefficient (Wildman–Crippen LogP) is 5.73. The van der Waals surface area contributed by atoms with Crippen LogP contribution in [-0.4, -0.2) is 26.9 Å². The van der Waals surface area contributed by atoms with E-state index in [1.54, 1.807) is 0 Å². The maximum Gasteiger partial charge on any atom is 0.0389 e. The van der Waals surface area contributed by atoms with E-state index in [1.807, 2.05) is 0 Å². The van der Waals surface area contributed by atoms with Gasteiger partial charge in [-0.25, -0.2) is 0 Å². The number of benzene rings is 1. The van der Waals surface area contributed by atoms with Crippen LogP contribution in [0.3, 0.4) is 0 Å². The van der Waals surface area contributed by atoms with Crippen LogP contribution < -0.4 is 4.90 Å². The van der Waals surface area contributed by atoms with Crippen LogP contribution in [0.2, 0.25) is 0 Å². The van der Waals surface area contributed by atoms with Crippen molar-refractivity contribution < 1.29 is 0 Å². The third-order valence-electron chi connectivity index (χ3n) is 5.35. The van der Waals surface area contributed by atoms with Gasteiger partial charge in [-0.1, -0.05) is 31.9 Å². The molecule has 130 valence electrons. The normalized spacial score (nSPS) is 18.2. The molecule has 0 radical (unpaired) electrons. The number of allylic oxidation sites excluding steroid dienone is 4. The molecule has 0 spiro atoms. The summed E-state index contributed by atoms with van der Waals surface area (Å²) in [7, 11) is 4.18. The average molecular weight is 325 g/mol. The van der Waals surface area contributed by atoms with E-state index >= 15 is 0 Å². The first-order valence-corrected chi connectivity index (χ1v) is 9.08. The Morgan fingerprint density at radius 1 is 1.12 bits per heavy atom. The highest BCUT2D eigenvalue weighted by Gasteiger charge is 2.26. The highest BCUT2D eigenvalue weighted by atomic mass is 15.1. The van der Waals surface area contributed by atoms with Crippen LogP contribution >= 0.6 is 0 Å². The minimum Gasteiger partial charge on any atom is -0.378 e. The summed E-state index contributed by atoms with van der Waals surface area (Å²) < 4.78 is 0. The second kappa shape index (κ2) is 7.83. The second-order valence-corrected chi connectivity index (χ2v) is 7.12. The summed E-state index contributed by atoms with van der Waals surface area (Å²) in [5, 5.41) is 0. The minimum absolute atomic E-state index is 0.484. The number of aliphatic imine (C=N–C) groups is 1. The molecule has 2 rings (SSSR count). The molecule has 0 saturated heterocycles. The fraction of sp³-hybridized carbons (Fsp3) is 0.500. The fourth-order valence-electron chi connectivity index (χ4n) is 3.39.